The summed E-state index contributed by atoms with van der Waals surface area (Å²) >= 11 is 0. The minimum absolute atomic E-state index is 0.0132. The van der Waals surface area contributed by atoms with Crippen LogP contribution < -0.4 is 5.32 Å². The number of amides is 3. The van der Waals surface area contributed by atoms with Crippen LogP contribution in [0.4, 0.5) is 0 Å². The van der Waals surface area contributed by atoms with Gasteiger partial charge in [-0.3, -0.25) is 19.3 Å². The molecule has 1 heterocycles. The van der Waals surface area contributed by atoms with Gasteiger partial charge >= 0.3 is 0 Å². The van der Waals surface area contributed by atoms with Crippen molar-refractivity contribution in [2.24, 2.45) is 16.7 Å². The molecule has 1 atom stereocenters. The highest BCUT2D eigenvalue weighted by Gasteiger charge is 2.44. The molecule has 1 fully saturated rings. The molecule has 0 aromatic carbocycles. The van der Waals surface area contributed by atoms with Crippen molar-refractivity contribution in [2.75, 3.05) is 13.1 Å². The Balaban J connectivity index is 2.15. The summed E-state index contributed by atoms with van der Waals surface area (Å²) in [6.45, 7) is 13.8. The Bertz CT molecular complexity index is 500. The fourth-order valence-electron chi connectivity index (χ4n) is 3.17. The smallest absolute Gasteiger partial charge is 0.233 e. The number of likely N-dealkylation sites (tertiary alicyclic amines) is 1. The fourth-order valence-corrected chi connectivity index (χ4v) is 3.17. The van der Waals surface area contributed by atoms with Crippen LogP contribution in [-0.2, 0) is 14.4 Å². The molecule has 0 bridgehead atoms. The summed E-state index contributed by atoms with van der Waals surface area (Å²) in [6.07, 6.45) is 5.44. The lowest BCUT2D eigenvalue weighted by atomic mass is 9.80. The SMILES string of the molecule is CC(C)(C)CCNC(=O)CCCCCCN1C(=O)CC(C(C)(C)C)C1=O. The molecule has 0 saturated carbocycles. The lowest BCUT2D eigenvalue weighted by Crippen LogP contribution is -2.34. The van der Waals surface area contributed by atoms with E-state index in [4.69, 9.17) is 0 Å². The first-order valence-corrected chi connectivity index (χ1v) is 10.0. The predicted molar refractivity (Wildman–Crippen MR) is 104 cm³/mol. The van der Waals surface area contributed by atoms with Crippen molar-refractivity contribution in [3.8, 4) is 0 Å². The maximum absolute atomic E-state index is 12.4. The summed E-state index contributed by atoms with van der Waals surface area (Å²) in [6, 6.07) is 0. The van der Waals surface area contributed by atoms with Gasteiger partial charge in [0.1, 0.15) is 0 Å². The molecule has 1 rings (SSSR count). The molecule has 1 aliphatic rings. The van der Waals surface area contributed by atoms with Crippen LogP contribution in [-0.4, -0.2) is 35.7 Å². The Morgan fingerprint density at radius 1 is 1.04 bits per heavy atom. The Morgan fingerprint density at radius 3 is 2.19 bits per heavy atom. The summed E-state index contributed by atoms with van der Waals surface area (Å²) < 4.78 is 0. The second-order valence-corrected chi connectivity index (χ2v) is 9.83. The number of nitrogens with zero attached hydrogens (tertiary/aromatic N) is 1. The average Bonchev–Trinajstić information content (AvgIpc) is 2.77. The first-order chi connectivity index (χ1) is 11.9. The van der Waals surface area contributed by atoms with E-state index < -0.39 is 0 Å². The van der Waals surface area contributed by atoms with E-state index in [1.807, 2.05) is 20.8 Å². The highest BCUT2D eigenvalue weighted by molar-refractivity contribution is 6.03. The first kappa shape index (κ1) is 22.7. The first-order valence-electron chi connectivity index (χ1n) is 10.0. The van der Waals surface area contributed by atoms with E-state index in [2.05, 4.69) is 26.1 Å². The quantitative estimate of drug-likeness (QED) is 0.497. The van der Waals surface area contributed by atoms with E-state index in [9.17, 15) is 14.4 Å². The molecule has 150 valence electrons. The maximum atomic E-state index is 12.4. The Labute approximate surface area is 159 Å². The number of unbranched alkanes of at least 4 members (excludes halogenated alkanes) is 3. The minimum atomic E-state index is -0.188. The molecule has 5 heteroatoms. The zero-order chi connectivity index (χ0) is 20.0. The third-order valence-electron chi connectivity index (χ3n) is 5.02. The number of imide groups is 1. The van der Waals surface area contributed by atoms with Crippen LogP contribution >= 0.6 is 0 Å². The molecule has 0 aliphatic carbocycles. The van der Waals surface area contributed by atoms with Crippen LogP contribution in [0.3, 0.4) is 0 Å². The van der Waals surface area contributed by atoms with Crippen LogP contribution in [0, 0.1) is 16.7 Å². The van der Waals surface area contributed by atoms with E-state index in [1.165, 1.54) is 4.90 Å². The summed E-state index contributed by atoms with van der Waals surface area (Å²) in [4.78, 5) is 37.7. The van der Waals surface area contributed by atoms with Gasteiger partial charge in [0.25, 0.3) is 0 Å². The van der Waals surface area contributed by atoms with E-state index in [1.54, 1.807) is 0 Å². The molecule has 26 heavy (non-hydrogen) atoms. The Morgan fingerprint density at radius 2 is 1.65 bits per heavy atom. The number of nitrogens with one attached hydrogen (secondary N) is 1. The van der Waals surface area contributed by atoms with Crippen LogP contribution in [0.15, 0.2) is 0 Å². The molecule has 0 radical (unpaired) electrons. The molecule has 1 N–H and O–H groups in total. The molecule has 0 aromatic rings. The van der Waals surface area contributed by atoms with Gasteiger partial charge in [0.05, 0.1) is 5.92 Å². The van der Waals surface area contributed by atoms with Crippen molar-refractivity contribution < 1.29 is 14.4 Å². The van der Waals surface area contributed by atoms with Gasteiger partial charge in [-0.05, 0) is 30.1 Å². The van der Waals surface area contributed by atoms with Gasteiger partial charge in [-0.1, -0.05) is 54.4 Å². The zero-order valence-corrected chi connectivity index (χ0v) is 17.6. The molecule has 1 aliphatic heterocycles. The molecular weight excluding hydrogens is 328 g/mol. The minimum Gasteiger partial charge on any atom is -0.356 e. The van der Waals surface area contributed by atoms with Crippen molar-refractivity contribution in [1.82, 2.24) is 10.2 Å². The highest BCUT2D eigenvalue weighted by Crippen LogP contribution is 2.35. The van der Waals surface area contributed by atoms with Gasteiger partial charge in [0.15, 0.2) is 0 Å². The number of rotatable bonds is 9. The van der Waals surface area contributed by atoms with E-state index >= 15 is 0 Å². The van der Waals surface area contributed by atoms with Crippen molar-refractivity contribution in [3.05, 3.63) is 0 Å². The standard InChI is InChI=1S/C21H38N2O3/c1-20(2,3)12-13-22-17(24)11-9-7-8-10-14-23-18(25)15-16(19(23)26)21(4,5)6/h16H,7-15H2,1-6H3,(H,22,24). The largest absolute Gasteiger partial charge is 0.356 e. The van der Waals surface area contributed by atoms with E-state index in [0.717, 1.165) is 38.6 Å². The lowest BCUT2D eigenvalue weighted by molar-refractivity contribution is -0.140. The molecule has 1 saturated heterocycles. The zero-order valence-electron chi connectivity index (χ0n) is 17.6. The Hall–Kier alpha value is -1.39. The monoisotopic (exact) mass is 366 g/mol. The summed E-state index contributed by atoms with van der Waals surface area (Å²) in [5.74, 6) is -0.118. The van der Waals surface area contributed by atoms with E-state index in [-0.39, 0.29) is 34.5 Å². The van der Waals surface area contributed by atoms with Crippen molar-refractivity contribution in [2.45, 2.75) is 86.5 Å². The molecule has 3 amide bonds. The van der Waals surface area contributed by atoms with Crippen LogP contribution in [0.25, 0.3) is 0 Å². The number of carbonyl (C=O) groups is 3. The predicted octanol–water partition coefficient (Wildman–Crippen LogP) is 3.91. The third kappa shape index (κ3) is 7.88. The third-order valence-corrected chi connectivity index (χ3v) is 5.02. The number of hydrogen-bond acceptors (Lipinski definition) is 3. The fraction of sp³-hybridized carbons (Fsp3) is 0.857. The second-order valence-electron chi connectivity index (χ2n) is 9.83. The van der Waals surface area contributed by atoms with Gasteiger partial charge in [0.2, 0.25) is 17.7 Å². The van der Waals surface area contributed by atoms with Gasteiger partial charge in [-0.15, -0.1) is 0 Å². The molecule has 0 aromatic heterocycles. The van der Waals surface area contributed by atoms with E-state index in [0.29, 0.717) is 19.4 Å². The van der Waals surface area contributed by atoms with Gasteiger partial charge in [0, 0.05) is 25.9 Å². The van der Waals surface area contributed by atoms with Crippen LogP contribution in [0.1, 0.15) is 86.5 Å². The number of carbonyl (C=O) groups excluding carboxylic acids is 3. The molecule has 1 unspecified atom stereocenters. The summed E-state index contributed by atoms with van der Waals surface area (Å²) in [5, 5.41) is 2.97. The van der Waals surface area contributed by atoms with Crippen LogP contribution in [0.5, 0.6) is 0 Å². The van der Waals surface area contributed by atoms with Crippen molar-refractivity contribution >= 4 is 17.7 Å². The van der Waals surface area contributed by atoms with Crippen molar-refractivity contribution in [1.29, 1.82) is 0 Å². The maximum Gasteiger partial charge on any atom is 0.233 e. The van der Waals surface area contributed by atoms with Crippen molar-refractivity contribution in [3.63, 3.8) is 0 Å². The van der Waals surface area contributed by atoms with Gasteiger partial charge in [-0.2, -0.15) is 0 Å². The van der Waals surface area contributed by atoms with Crippen LogP contribution in [0.2, 0.25) is 0 Å². The lowest BCUT2D eigenvalue weighted by Gasteiger charge is -2.24. The normalized spacial score (nSPS) is 18.5. The summed E-state index contributed by atoms with van der Waals surface area (Å²) in [7, 11) is 0. The van der Waals surface area contributed by atoms with Gasteiger partial charge < -0.3 is 5.32 Å². The molecule has 0 spiro atoms. The second kappa shape index (κ2) is 9.52. The molecule has 5 nitrogen and oxygen atoms in total. The topological polar surface area (TPSA) is 66.5 Å². The molecular formula is C21H38N2O3. The average molecular weight is 367 g/mol. The summed E-state index contributed by atoms with van der Waals surface area (Å²) in [5.41, 5.74) is 0.0750. The number of hydrogen-bond donors (Lipinski definition) is 1. The highest BCUT2D eigenvalue weighted by atomic mass is 16.2. The Kier molecular flexibility index (Phi) is 8.29. The van der Waals surface area contributed by atoms with Gasteiger partial charge in [-0.25, -0.2) is 0 Å².